The minimum atomic E-state index is -1.27. The van der Waals surface area contributed by atoms with Crippen molar-refractivity contribution in [3.63, 3.8) is 0 Å². The van der Waals surface area contributed by atoms with Gasteiger partial charge in [-0.3, -0.25) is 4.79 Å². The lowest BCUT2D eigenvalue weighted by atomic mass is 9.76. The van der Waals surface area contributed by atoms with Crippen molar-refractivity contribution in [2.24, 2.45) is 15.7 Å². The van der Waals surface area contributed by atoms with Crippen molar-refractivity contribution in [3.05, 3.63) is 0 Å². The first-order chi connectivity index (χ1) is 8.29. The molecule has 1 aliphatic heterocycles. The number of nitrogens with zero attached hydrogens (tertiary/aromatic N) is 3. The Bertz CT molecular complexity index is 386. The van der Waals surface area contributed by atoms with Gasteiger partial charge in [0.25, 0.3) is 5.91 Å². The molecule has 0 aromatic rings. The van der Waals surface area contributed by atoms with Gasteiger partial charge in [0.2, 0.25) is 0 Å². The zero-order valence-corrected chi connectivity index (χ0v) is 11.4. The molecule has 0 saturated heterocycles. The molecule has 1 rings (SSSR count). The lowest BCUT2D eigenvalue weighted by molar-refractivity contribution is -0.135. The molecule has 0 aliphatic carbocycles. The Morgan fingerprint density at radius 3 is 2.67 bits per heavy atom. The Hall–Kier alpha value is -1.47. The number of carbonyl (C=O) groups is 1. The van der Waals surface area contributed by atoms with Crippen LogP contribution in [-0.4, -0.2) is 47.7 Å². The van der Waals surface area contributed by atoms with Gasteiger partial charge in [0.1, 0.15) is 7.11 Å². The van der Waals surface area contributed by atoms with Gasteiger partial charge in [0.15, 0.2) is 5.54 Å². The summed E-state index contributed by atoms with van der Waals surface area (Å²) in [4.78, 5) is 16.8. The number of hydrazone groups is 1. The van der Waals surface area contributed by atoms with Gasteiger partial charge in [0.05, 0.1) is 5.71 Å². The maximum atomic E-state index is 12.2. The Morgan fingerprint density at radius 2 is 2.22 bits per heavy atom. The van der Waals surface area contributed by atoms with Gasteiger partial charge in [-0.05, 0) is 0 Å². The first-order valence-electron chi connectivity index (χ1n) is 5.63. The second-order valence-electron chi connectivity index (χ2n) is 5.22. The number of amides is 1. The SMILES string of the molecule is CON=CCC1(NO)C(=O)N(C)N=C1C(C)(C)C. The number of carbonyl (C=O) groups excluding carboxylic acids is 1. The molecule has 102 valence electrons. The van der Waals surface area contributed by atoms with Crippen LogP contribution in [0.4, 0.5) is 0 Å². The first kappa shape index (κ1) is 14.6. The van der Waals surface area contributed by atoms with Crippen molar-refractivity contribution in [1.29, 1.82) is 0 Å². The van der Waals surface area contributed by atoms with Crippen LogP contribution < -0.4 is 5.48 Å². The van der Waals surface area contributed by atoms with Gasteiger partial charge in [-0.15, -0.1) is 0 Å². The van der Waals surface area contributed by atoms with Crippen LogP contribution in [-0.2, 0) is 9.63 Å². The highest BCUT2D eigenvalue weighted by Crippen LogP contribution is 2.32. The molecule has 0 fully saturated rings. The maximum absolute atomic E-state index is 12.2. The predicted molar refractivity (Wildman–Crippen MR) is 67.4 cm³/mol. The van der Waals surface area contributed by atoms with Crippen molar-refractivity contribution < 1.29 is 14.8 Å². The number of oxime groups is 1. The minimum Gasteiger partial charge on any atom is -0.399 e. The van der Waals surface area contributed by atoms with Gasteiger partial charge in [-0.25, -0.2) is 5.01 Å². The van der Waals surface area contributed by atoms with Crippen LogP contribution in [0.3, 0.4) is 0 Å². The summed E-state index contributed by atoms with van der Waals surface area (Å²) >= 11 is 0. The van der Waals surface area contributed by atoms with E-state index < -0.39 is 5.54 Å². The molecule has 0 aromatic carbocycles. The zero-order chi connectivity index (χ0) is 14.0. The number of likely N-dealkylation sites (N-methyl/N-ethyl adjacent to an activating group) is 1. The van der Waals surface area contributed by atoms with Gasteiger partial charge < -0.3 is 10.0 Å². The average molecular weight is 256 g/mol. The summed E-state index contributed by atoms with van der Waals surface area (Å²) in [5.74, 6) is -0.322. The topological polar surface area (TPSA) is 86.5 Å². The standard InChI is InChI=1S/C11H20N4O3/c1-10(2,3)8-11(14-17,6-7-12-18-5)9(16)15(4)13-8/h7,14,17H,6H2,1-5H3. The summed E-state index contributed by atoms with van der Waals surface area (Å²) in [6.45, 7) is 5.79. The average Bonchev–Trinajstić information content (AvgIpc) is 2.54. The van der Waals surface area contributed by atoms with Crippen LogP contribution >= 0.6 is 0 Å². The fourth-order valence-corrected chi connectivity index (χ4v) is 2.03. The summed E-state index contributed by atoms with van der Waals surface area (Å²) in [5, 5.41) is 18.5. The molecule has 0 spiro atoms. The van der Waals surface area contributed by atoms with Crippen molar-refractivity contribution in [1.82, 2.24) is 10.5 Å². The molecular formula is C11H20N4O3. The molecule has 1 atom stereocenters. The first-order valence-corrected chi connectivity index (χ1v) is 5.63. The lowest BCUT2D eigenvalue weighted by Gasteiger charge is -2.31. The van der Waals surface area contributed by atoms with E-state index in [-0.39, 0.29) is 17.7 Å². The molecule has 0 radical (unpaired) electrons. The highest BCUT2D eigenvalue weighted by molar-refractivity contribution is 6.19. The Kier molecular flexibility index (Phi) is 4.08. The molecule has 1 unspecified atom stereocenters. The third-order valence-electron chi connectivity index (χ3n) is 2.79. The summed E-state index contributed by atoms with van der Waals surface area (Å²) in [7, 11) is 2.97. The summed E-state index contributed by atoms with van der Waals surface area (Å²) in [6.07, 6.45) is 1.60. The minimum absolute atomic E-state index is 0.163. The van der Waals surface area contributed by atoms with Crippen molar-refractivity contribution in [2.45, 2.75) is 32.7 Å². The van der Waals surface area contributed by atoms with Crippen LogP contribution in [0.25, 0.3) is 0 Å². The monoisotopic (exact) mass is 256 g/mol. The summed E-state index contributed by atoms with van der Waals surface area (Å²) in [6, 6.07) is 0. The molecule has 1 heterocycles. The quantitative estimate of drug-likeness (QED) is 0.569. The second kappa shape index (κ2) is 5.03. The highest BCUT2D eigenvalue weighted by Gasteiger charge is 2.53. The molecule has 2 N–H and O–H groups in total. The van der Waals surface area contributed by atoms with E-state index in [4.69, 9.17) is 0 Å². The van der Waals surface area contributed by atoms with E-state index in [1.165, 1.54) is 18.3 Å². The van der Waals surface area contributed by atoms with E-state index in [1.807, 2.05) is 20.8 Å². The van der Waals surface area contributed by atoms with Crippen molar-refractivity contribution in [2.75, 3.05) is 14.2 Å². The van der Waals surface area contributed by atoms with Crippen LogP contribution in [0.15, 0.2) is 10.3 Å². The summed E-state index contributed by atoms with van der Waals surface area (Å²) < 4.78 is 0. The lowest BCUT2D eigenvalue weighted by Crippen LogP contribution is -2.59. The largest absolute Gasteiger partial charge is 0.399 e. The Morgan fingerprint density at radius 1 is 1.61 bits per heavy atom. The third kappa shape index (κ3) is 2.37. The van der Waals surface area contributed by atoms with Crippen LogP contribution in [0, 0.1) is 5.41 Å². The van der Waals surface area contributed by atoms with Crippen molar-refractivity contribution >= 4 is 17.8 Å². The van der Waals surface area contributed by atoms with Gasteiger partial charge in [-0.1, -0.05) is 25.9 Å². The number of nitrogens with one attached hydrogen (secondary N) is 1. The molecule has 0 aromatic heterocycles. The fourth-order valence-electron chi connectivity index (χ4n) is 2.03. The molecule has 0 bridgehead atoms. The number of hydrogen-bond donors (Lipinski definition) is 2. The number of hydroxylamine groups is 1. The molecule has 0 saturated carbocycles. The third-order valence-corrected chi connectivity index (χ3v) is 2.79. The molecule has 18 heavy (non-hydrogen) atoms. The number of hydrogen-bond acceptors (Lipinski definition) is 6. The maximum Gasteiger partial charge on any atom is 0.271 e. The molecule has 7 nitrogen and oxygen atoms in total. The predicted octanol–water partition coefficient (Wildman–Crippen LogP) is 0.600. The molecule has 7 heteroatoms. The van der Waals surface area contributed by atoms with Gasteiger partial charge in [0, 0.05) is 25.1 Å². The molecule has 1 aliphatic rings. The van der Waals surface area contributed by atoms with E-state index >= 15 is 0 Å². The van der Waals surface area contributed by atoms with Crippen molar-refractivity contribution in [3.8, 4) is 0 Å². The second-order valence-corrected chi connectivity index (χ2v) is 5.22. The Labute approximate surface area is 106 Å². The normalized spacial score (nSPS) is 24.9. The molecule has 1 amide bonds. The van der Waals surface area contributed by atoms with Gasteiger partial charge >= 0.3 is 0 Å². The smallest absolute Gasteiger partial charge is 0.271 e. The Balaban J connectivity index is 3.17. The van der Waals surface area contributed by atoms with E-state index in [0.29, 0.717) is 5.71 Å². The van der Waals surface area contributed by atoms with E-state index in [0.717, 1.165) is 0 Å². The van der Waals surface area contributed by atoms with E-state index in [9.17, 15) is 10.0 Å². The fraction of sp³-hybridized carbons (Fsp3) is 0.727. The van der Waals surface area contributed by atoms with Gasteiger partial charge in [-0.2, -0.15) is 10.6 Å². The van der Waals surface area contributed by atoms with Crippen LogP contribution in [0.1, 0.15) is 27.2 Å². The van der Waals surface area contributed by atoms with E-state index in [2.05, 4.69) is 20.6 Å². The van der Waals surface area contributed by atoms with E-state index in [1.54, 1.807) is 7.05 Å². The number of rotatable bonds is 4. The molecular weight excluding hydrogens is 236 g/mol. The zero-order valence-electron chi connectivity index (χ0n) is 11.4. The van der Waals surface area contributed by atoms with Crippen LogP contribution in [0.2, 0.25) is 0 Å². The highest BCUT2D eigenvalue weighted by atomic mass is 16.6. The summed E-state index contributed by atoms with van der Waals surface area (Å²) in [5.41, 5.74) is 1.03. The van der Waals surface area contributed by atoms with Crippen LogP contribution in [0.5, 0.6) is 0 Å².